The van der Waals surface area contributed by atoms with E-state index in [4.69, 9.17) is 9.47 Å². The molecule has 0 amide bonds. The van der Waals surface area contributed by atoms with E-state index in [1.54, 1.807) is 26.1 Å². The summed E-state index contributed by atoms with van der Waals surface area (Å²) in [6, 6.07) is 0. The molecular formula is C17H30N2O4. The second-order valence-electron chi connectivity index (χ2n) is 5.66. The van der Waals surface area contributed by atoms with E-state index in [1.807, 2.05) is 26.0 Å². The quantitative estimate of drug-likeness (QED) is 0.426. The summed E-state index contributed by atoms with van der Waals surface area (Å²) in [4.78, 5) is 26.9. The Morgan fingerprint density at radius 3 is 2.39 bits per heavy atom. The van der Waals surface area contributed by atoms with Gasteiger partial charge in [0.1, 0.15) is 6.10 Å². The first kappa shape index (κ1) is 21.2. The Balaban J connectivity index is 3.90. The molecule has 0 N–H and O–H groups in total. The Labute approximate surface area is 139 Å². The van der Waals surface area contributed by atoms with E-state index >= 15 is 0 Å². The average Bonchev–Trinajstić information content (AvgIpc) is 2.45. The molecule has 0 spiro atoms. The van der Waals surface area contributed by atoms with Crippen molar-refractivity contribution in [3.05, 3.63) is 24.4 Å². The van der Waals surface area contributed by atoms with Crippen molar-refractivity contribution in [1.29, 1.82) is 0 Å². The Hall–Kier alpha value is -1.82. The van der Waals surface area contributed by atoms with Gasteiger partial charge in [0.15, 0.2) is 0 Å². The molecule has 0 aromatic heterocycles. The molecule has 0 fully saturated rings. The minimum absolute atomic E-state index is 0.228. The van der Waals surface area contributed by atoms with Gasteiger partial charge in [-0.25, -0.2) is 9.59 Å². The average molecular weight is 326 g/mol. The third kappa shape index (κ3) is 13.6. The second kappa shape index (κ2) is 12.7. The summed E-state index contributed by atoms with van der Waals surface area (Å²) >= 11 is 0. The monoisotopic (exact) mass is 326 g/mol. The minimum atomic E-state index is -0.392. The predicted octanol–water partition coefficient (Wildman–Crippen LogP) is 1.82. The summed E-state index contributed by atoms with van der Waals surface area (Å²) in [6.07, 6.45) is 7.30. The van der Waals surface area contributed by atoms with Crippen molar-refractivity contribution >= 4 is 11.9 Å². The summed E-state index contributed by atoms with van der Waals surface area (Å²) in [5, 5.41) is 0. The standard InChI is InChI=1S/C17H30N2O4/c1-6-8-16(20)22-14-10-15(2)23-17(21)9-13-19(5)12-7-11-18(3)4/h6,8-9,13,15H,7,10-12,14H2,1-5H3/b8-6+,13-9+. The first-order valence-corrected chi connectivity index (χ1v) is 7.88. The van der Waals surface area contributed by atoms with Crippen LogP contribution in [0.3, 0.4) is 0 Å². The zero-order chi connectivity index (χ0) is 17.7. The van der Waals surface area contributed by atoms with Crippen molar-refractivity contribution in [3.8, 4) is 0 Å². The SMILES string of the molecule is C/C=C/C(=O)OCCC(C)OC(=O)/C=C/N(C)CCCN(C)C. The number of carbonyl (C=O) groups is 2. The fraction of sp³-hybridized carbons (Fsp3) is 0.647. The van der Waals surface area contributed by atoms with E-state index < -0.39 is 5.97 Å². The van der Waals surface area contributed by atoms with E-state index in [0.717, 1.165) is 19.5 Å². The highest BCUT2D eigenvalue weighted by Gasteiger charge is 2.08. The highest BCUT2D eigenvalue weighted by atomic mass is 16.6. The van der Waals surface area contributed by atoms with Crippen molar-refractivity contribution in [3.63, 3.8) is 0 Å². The first-order valence-electron chi connectivity index (χ1n) is 7.88. The minimum Gasteiger partial charge on any atom is -0.462 e. The zero-order valence-corrected chi connectivity index (χ0v) is 14.9. The van der Waals surface area contributed by atoms with Crippen LogP contribution in [0, 0.1) is 0 Å². The fourth-order valence-electron chi connectivity index (χ4n) is 1.71. The number of rotatable bonds is 11. The number of hydrogen-bond donors (Lipinski definition) is 0. The molecule has 0 aliphatic carbocycles. The van der Waals surface area contributed by atoms with Crippen LogP contribution in [0.15, 0.2) is 24.4 Å². The highest BCUT2D eigenvalue weighted by Crippen LogP contribution is 2.00. The molecule has 0 aliphatic heterocycles. The Morgan fingerprint density at radius 2 is 1.78 bits per heavy atom. The lowest BCUT2D eigenvalue weighted by atomic mass is 10.3. The number of nitrogens with zero attached hydrogens (tertiary/aromatic N) is 2. The van der Waals surface area contributed by atoms with Gasteiger partial charge < -0.3 is 19.3 Å². The maximum atomic E-state index is 11.7. The molecule has 0 rings (SSSR count). The number of carbonyl (C=O) groups excluding carboxylic acids is 2. The molecular weight excluding hydrogens is 296 g/mol. The number of hydrogen-bond acceptors (Lipinski definition) is 6. The number of ether oxygens (including phenoxy) is 2. The van der Waals surface area contributed by atoms with Crippen LogP contribution in [-0.4, -0.2) is 68.7 Å². The molecule has 0 bridgehead atoms. The lowest BCUT2D eigenvalue weighted by Gasteiger charge is -2.16. The van der Waals surface area contributed by atoms with Gasteiger partial charge >= 0.3 is 11.9 Å². The van der Waals surface area contributed by atoms with Gasteiger partial charge in [-0.1, -0.05) is 6.08 Å². The van der Waals surface area contributed by atoms with E-state index in [2.05, 4.69) is 4.90 Å². The van der Waals surface area contributed by atoms with Gasteiger partial charge in [0.2, 0.25) is 0 Å². The molecule has 6 nitrogen and oxygen atoms in total. The number of esters is 2. The maximum Gasteiger partial charge on any atom is 0.332 e. The van der Waals surface area contributed by atoms with Gasteiger partial charge in [0.25, 0.3) is 0 Å². The molecule has 0 saturated heterocycles. The van der Waals surface area contributed by atoms with Gasteiger partial charge in [0.05, 0.1) is 6.61 Å². The van der Waals surface area contributed by atoms with Crippen LogP contribution in [0.25, 0.3) is 0 Å². The van der Waals surface area contributed by atoms with Gasteiger partial charge in [-0.2, -0.15) is 0 Å². The largest absolute Gasteiger partial charge is 0.462 e. The molecule has 1 atom stereocenters. The van der Waals surface area contributed by atoms with Gasteiger partial charge in [-0.15, -0.1) is 0 Å². The topological polar surface area (TPSA) is 59.1 Å². The summed E-state index contributed by atoms with van der Waals surface area (Å²) in [5.41, 5.74) is 0. The van der Waals surface area contributed by atoms with Crippen LogP contribution >= 0.6 is 0 Å². The third-order valence-electron chi connectivity index (χ3n) is 2.97. The van der Waals surface area contributed by atoms with E-state index in [1.165, 1.54) is 12.2 Å². The summed E-state index contributed by atoms with van der Waals surface area (Å²) in [5.74, 6) is -0.776. The molecule has 23 heavy (non-hydrogen) atoms. The van der Waals surface area contributed by atoms with Gasteiger partial charge in [0, 0.05) is 38.4 Å². The van der Waals surface area contributed by atoms with Crippen LogP contribution < -0.4 is 0 Å². The van der Waals surface area contributed by atoms with Gasteiger partial charge in [-0.3, -0.25) is 0 Å². The van der Waals surface area contributed by atoms with Crippen LogP contribution in [0.2, 0.25) is 0 Å². The molecule has 0 aromatic rings. The van der Waals surface area contributed by atoms with Crippen molar-refractivity contribution in [1.82, 2.24) is 9.80 Å². The lowest BCUT2D eigenvalue weighted by molar-refractivity contribution is -0.144. The molecule has 0 saturated carbocycles. The van der Waals surface area contributed by atoms with Crippen molar-refractivity contribution < 1.29 is 19.1 Å². The van der Waals surface area contributed by atoms with Crippen LogP contribution in [0.1, 0.15) is 26.7 Å². The van der Waals surface area contributed by atoms with Crippen LogP contribution in [0.5, 0.6) is 0 Å². The second-order valence-corrected chi connectivity index (χ2v) is 5.66. The normalized spacial score (nSPS) is 12.8. The highest BCUT2D eigenvalue weighted by molar-refractivity contribution is 5.82. The molecule has 132 valence electrons. The number of allylic oxidation sites excluding steroid dienone is 1. The van der Waals surface area contributed by atoms with Crippen molar-refractivity contribution in [2.24, 2.45) is 0 Å². The zero-order valence-electron chi connectivity index (χ0n) is 14.9. The molecule has 0 aliphatic rings. The van der Waals surface area contributed by atoms with E-state index in [0.29, 0.717) is 6.42 Å². The van der Waals surface area contributed by atoms with Gasteiger partial charge in [-0.05, 0) is 40.9 Å². The van der Waals surface area contributed by atoms with Crippen molar-refractivity contribution in [2.45, 2.75) is 32.8 Å². The van der Waals surface area contributed by atoms with E-state index in [9.17, 15) is 9.59 Å². The third-order valence-corrected chi connectivity index (χ3v) is 2.97. The smallest absolute Gasteiger partial charge is 0.332 e. The molecule has 0 aromatic carbocycles. The Kier molecular flexibility index (Phi) is 11.7. The molecule has 0 radical (unpaired) electrons. The fourth-order valence-corrected chi connectivity index (χ4v) is 1.71. The molecule has 6 heteroatoms. The summed E-state index contributed by atoms with van der Waals surface area (Å²) < 4.78 is 10.2. The summed E-state index contributed by atoms with van der Waals surface area (Å²) in [6.45, 7) is 5.63. The Bertz CT molecular complexity index is 405. The van der Waals surface area contributed by atoms with Crippen LogP contribution in [-0.2, 0) is 19.1 Å². The summed E-state index contributed by atoms with van der Waals surface area (Å²) in [7, 11) is 5.98. The Morgan fingerprint density at radius 1 is 1.09 bits per heavy atom. The first-order chi connectivity index (χ1) is 10.8. The predicted molar refractivity (Wildman–Crippen MR) is 90.9 cm³/mol. The molecule has 0 heterocycles. The van der Waals surface area contributed by atoms with Crippen LogP contribution in [0.4, 0.5) is 0 Å². The maximum absolute atomic E-state index is 11.7. The van der Waals surface area contributed by atoms with Crippen molar-refractivity contribution in [2.75, 3.05) is 40.8 Å². The lowest BCUT2D eigenvalue weighted by Crippen LogP contribution is -2.20. The molecule has 1 unspecified atom stereocenters. The van der Waals surface area contributed by atoms with E-state index in [-0.39, 0.29) is 18.7 Å².